The van der Waals surface area contributed by atoms with E-state index in [0.717, 1.165) is 37.2 Å². The summed E-state index contributed by atoms with van der Waals surface area (Å²) in [6, 6.07) is 15.0. The van der Waals surface area contributed by atoms with Crippen LogP contribution in [-0.2, 0) is 0 Å². The van der Waals surface area contributed by atoms with Gasteiger partial charge in [-0.15, -0.1) is 0 Å². The third-order valence-electron chi connectivity index (χ3n) is 5.37. The van der Waals surface area contributed by atoms with Crippen molar-refractivity contribution in [1.82, 2.24) is 4.90 Å². The Hall–Kier alpha value is -2.82. The molecule has 1 atom stereocenters. The molecular weight excluding hydrogens is 350 g/mol. The highest BCUT2D eigenvalue weighted by Gasteiger charge is 2.26. The Morgan fingerprint density at radius 1 is 1.07 bits per heavy atom. The van der Waals surface area contributed by atoms with Crippen LogP contribution in [0.3, 0.4) is 0 Å². The summed E-state index contributed by atoms with van der Waals surface area (Å²) in [6.07, 6.45) is 4.25. The molecule has 2 aromatic rings. The fraction of sp³-hybridized carbons (Fsp3) is 0.391. The Morgan fingerprint density at radius 3 is 2.46 bits per heavy atom. The lowest BCUT2D eigenvalue weighted by Crippen LogP contribution is -2.43. The number of benzene rings is 2. The minimum Gasteiger partial charge on any atom is -0.378 e. The lowest BCUT2D eigenvalue weighted by Gasteiger charge is -2.35. The summed E-state index contributed by atoms with van der Waals surface area (Å²) in [5, 5.41) is 2.91. The molecule has 5 nitrogen and oxygen atoms in total. The van der Waals surface area contributed by atoms with Gasteiger partial charge in [-0.1, -0.05) is 13.0 Å². The van der Waals surface area contributed by atoms with Gasteiger partial charge in [0.2, 0.25) is 0 Å². The van der Waals surface area contributed by atoms with Crippen molar-refractivity contribution in [3.63, 3.8) is 0 Å². The number of nitrogens with zero attached hydrogens (tertiary/aromatic N) is 2. The first-order chi connectivity index (χ1) is 13.5. The summed E-state index contributed by atoms with van der Waals surface area (Å²) in [7, 11) is 3.95. The van der Waals surface area contributed by atoms with Gasteiger partial charge in [-0.25, -0.2) is 0 Å². The molecule has 1 saturated heterocycles. The van der Waals surface area contributed by atoms with Gasteiger partial charge in [-0.3, -0.25) is 9.59 Å². The summed E-state index contributed by atoms with van der Waals surface area (Å²) in [4.78, 5) is 29.6. The zero-order valence-electron chi connectivity index (χ0n) is 16.9. The number of piperidine rings is 1. The van der Waals surface area contributed by atoms with Crippen LogP contribution in [0.5, 0.6) is 0 Å². The molecule has 1 unspecified atom stereocenters. The molecule has 0 aromatic heterocycles. The molecule has 28 heavy (non-hydrogen) atoms. The van der Waals surface area contributed by atoms with Crippen molar-refractivity contribution >= 4 is 23.2 Å². The van der Waals surface area contributed by atoms with Crippen molar-refractivity contribution in [3.8, 4) is 0 Å². The zero-order chi connectivity index (χ0) is 20.1. The van der Waals surface area contributed by atoms with E-state index in [1.54, 1.807) is 24.3 Å². The molecule has 1 N–H and O–H groups in total. The largest absolute Gasteiger partial charge is 0.378 e. The Kier molecular flexibility index (Phi) is 6.34. The van der Waals surface area contributed by atoms with Gasteiger partial charge >= 0.3 is 0 Å². The highest BCUT2D eigenvalue weighted by molar-refractivity contribution is 6.06. The molecule has 0 aliphatic carbocycles. The Balaban J connectivity index is 1.73. The van der Waals surface area contributed by atoms with Crippen molar-refractivity contribution in [2.45, 2.75) is 38.6 Å². The number of rotatable bonds is 5. The fourth-order valence-electron chi connectivity index (χ4n) is 3.70. The van der Waals surface area contributed by atoms with Crippen LogP contribution in [0.1, 0.15) is 53.3 Å². The molecule has 1 aliphatic heterocycles. The summed E-state index contributed by atoms with van der Waals surface area (Å²) in [5.74, 6) is -0.186. The number of carbonyl (C=O) groups excluding carboxylic acids is 2. The van der Waals surface area contributed by atoms with Crippen LogP contribution >= 0.6 is 0 Å². The predicted molar refractivity (Wildman–Crippen MR) is 114 cm³/mol. The van der Waals surface area contributed by atoms with Crippen LogP contribution in [0.15, 0.2) is 48.5 Å². The maximum Gasteiger partial charge on any atom is 0.255 e. The Morgan fingerprint density at radius 2 is 1.79 bits per heavy atom. The minimum atomic E-state index is -0.210. The van der Waals surface area contributed by atoms with Crippen molar-refractivity contribution in [2.75, 3.05) is 30.9 Å². The van der Waals surface area contributed by atoms with E-state index >= 15 is 0 Å². The summed E-state index contributed by atoms with van der Waals surface area (Å²) in [5.41, 5.74) is 2.87. The van der Waals surface area contributed by atoms with Crippen molar-refractivity contribution in [1.29, 1.82) is 0 Å². The highest BCUT2D eigenvalue weighted by Crippen LogP contribution is 2.22. The van der Waals surface area contributed by atoms with Crippen molar-refractivity contribution in [3.05, 3.63) is 59.7 Å². The van der Waals surface area contributed by atoms with Crippen LogP contribution in [0, 0.1) is 0 Å². The topological polar surface area (TPSA) is 52.7 Å². The molecule has 148 valence electrons. The van der Waals surface area contributed by atoms with Crippen LogP contribution in [0.4, 0.5) is 11.4 Å². The number of hydrogen-bond acceptors (Lipinski definition) is 3. The predicted octanol–water partition coefficient (Wildman–Crippen LogP) is 4.41. The molecule has 3 rings (SSSR count). The van der Waals surface area contributed by atoms with E-state index in [0.29, 0.717) is 17.2 Å². The first-order valence-electron chi connectivity index (χ1n) is 9.99. The van der Waals surface area contributed by atoms with Crippen LogP contribution in [0.25, 0.3) is 0 Å². The molecule has 2 amide bonds. The normalized spacial score (nSPS) is 16.5. The van der Waals surface area contributed by atoms with E-state index in [2.05, 4.69) is 12.2 Å². The third-order valence-corrected chi connectivity index (χ3v) is 5.37. The average molecular weight is 380 g/mol. The summed E-state index contributed by atoms with van der Waals surface area (Å²) in [6.45, 7) is 2.92. The van der Waals surface area contributed by atoms with Gasteiger partial charge in [0.25, 0.3) is 11.8 Å². The maximum atomic E-state index is 13.0. The number of hydrogen-bond donors (Lipinski definition) is 1. The molecule has 0 radical (unpaired) electrons. The third kappa shape index (κ3) is 4.53. The molecule has 0 bridgehead atoms. The smallest absolute Gasteiger partial charge is 0.255 e. The number of anilines is 2. The monoisotopic (exact) mass is 379 g/mol. The molecular formula is C23H29N3O2. The second-order valence-electron chi connectivity index (χ2n) is 7.53. The van der Waals surface area contributed by atoms with E-state index in [9.17, 15) is 9.59 Å². The molecule has 1 aliphatic rings. The number of nitrogens with one attached hydrogen (secondary N) is 1. The number of amides is 2. The van der Waals surface area contributed by atoms with E-state index in [4.69, 9.17) is 0 Å². The zero-order valence-corrected chi connectivity index (χ0v) is 16.9. The van der Waals surface area contributed by atoms with E-state index in [1.165, 1.54) is 6.42 Å². The first-order valence-corrected chi connectivity index (χ1v) is 9.99. The first kappa shape index (κ1) is 19.9. The number of likely N-dealkylation sites (tertiary alicyclic amines) is 1. The van der Waals surface area contributed by atoms with Gasteiger partial charge in [0.1, 0.15) is 0 Å². The van der Waals surface area contributed by atoms with E-state index in [1.807, 2.05) is 48.2 Å². The van der Waals surface area contributed by atoms with Gasteiger partial charge in [-0.2, -0.15) is 0 Å². The number of carbonyl (C=O) groups is 2. The van der Waals surface area contributed by atoms with Crippen molar-refractivity contribution < 1.29 is 9.59 Å². The summed E-state index contributed by atoms with van der Waals surface area (Å²) < 4.78 is 0. The lowest BCUT2D eigenvalue weighted by atomic mass is 9.98. The van der Waals surface area contributed by atoms with Gasteiger partial charge in [0.15, 0.2) is 0 Å². The molecule has 0 spiro atoms. The lowest BCUT2D eigenvalue weighted by molar-refractivity contribution is 0.0608. The van der Waals surface area contributed by atoms with Gasteiger partial charge in [0, 0.05) is 49.2 Å². The maximum absolute atomic E-state index is 13.0. The minimum absolute atomic E-state index is 0.0246. The molecule has 1 heterocycles. The molecule has 2 aromatic carbocycles. The second-order valence-corrected chi connectivity index (χ2v) is 7.53. The molecule has 0 saturated carbocycles. The van der Waals surface area contributed by atoms with Gasteiger partial charge in [0.05, 0.1) is 0 Å². The average Bonchev–Trinajstić information content (AvgIpc) is 2.73. The fourth-order valence-corrected chi connectivity index (χ4v) is 3.70. The van der Waals surface area contributed by atoms with E-state index < -0.39 is 0 Å². The van der Waals surface area contributed by atoms with Gasteiger partial charge < -0.3 is 15.1 Å². The van der Waals surface area contributed by atoms with Crippen LogP contribution in [0.2, 0.25) is 0 Å². The van der Waals surface area contributed by atoms with Crippen molar-refractivity contribution in [2.24, 2.45) is 0 Å². The highest BCUT2D eigenvalue weighted by atomic mass is 16.2. The van der Waals surface area contributed by atoms with Crippen LogP contribution < -0.4 is 10.2 Å². The molecule has 1 fully saturated rings. The summed E-state index contributed by atoms with van der Waals surface area (Å²) >= 11 is 0. The van der Waals surface area contributed by atoms with Gasteiger partial charge in [-0.05, 0) is 68.1 Å². The Bertz CT molecular complexity index is 830. The SMILES string of the molecule is CCC1CCCCN1C(=O)c1cccc(C(=O)Nc2ccc(N(C)C)cc2)c1. The molecule has 5 heteroatoms. The van der Waals surface area contributed by atoms with Crippen LogP contribution in [-0.4, -0.2) is 43.4 Å². The van der Waals surface area contributed by atoms with E-state index in [-0.39, 0.29) is 11.8 Å². The quantitative estimate of drug-likeness (QED) is 0.837. The Labute approximate surface area is 167 Å². The standard InChI is InChI=1S/C23H29N3O2/c1-4-20-10-5-6-15-26(20)23(28)18-9-7-8-17(16-18)22(27)24-19-11-13-21(14-12-19)25(2)3/h7-9,11-14,16,20H,4-6,10,15H2,1-3H3,(H,24,27). The second kappa shape index (κ2) is 8.91.